The molecular formula is C11H6BrClN6S. The fourth-order valence-electron chi connectivity index (χ4n) is 1.37. The van der Waals surface area contributed by atoms with Crippen molar-refractivity contribution < 1.29 is 0 Å². The summed E-state index contributed by atoms with van der Waals surface area (Å²) in [7, 11) is 0. The average Bonchev–Trinajstić information content (AvgIpc) is 2.95. The number of rotatable bonds is 3. The predicted octanol–water partition coefficient (Wildman–Crippen LogP) is 3.02. The molecule has 9 heteroatoms. The third-order valence-electron chi connectivity index (χ3n) is 2.18. The summed E-state index contributed by atoms with van der Waals surface area (Å²) in [5.74, 6) is 0.370. The van der Waals surface area contributed by atoms with Crippen molar-refractivity contribution in [3.05, 3.63) is 46.5 Å². The van der Waals surface area contributed by atoms with Gasteiger partial charge in [-0.3, -0.25) is 0 Å². The number of pyridine rings is 1. The first kappa shape index (κ1) is 13.5. The maximum Gasteiger partial charge on any atom is 0.255 e. The van der Waals surface area contributed by atoms with Gasteiger partial charge in [-0.2, -0.15) is 20.1 Å². The van der Waals surface area contributed by atoms with Crippen LogP contribution in [0.2, 0.25) is 5.28 Å². The number of hydrogen-bond acceptors (Lipinski definition) is 6. The SMILES string of the molecule is Clc1nc(Sc2ccc(Br)cn2)nc(-n2cccn2)n1. The maximum atomic E-state index is 5.91. The number of halogens is 2. The summed E-state index contributed by atoms with van der Waals surface area (Å²) < 4.78 is 2.43. The van der Waals surface area contributed by atoms with Crippen LogP contribution in [0.5, 0.6) is 0 Å². The molecule has 100 valence electrons. The molecule has 6 nitrogen and oxygen atoms in total. The van der Waals surface area contributed by atoms with Gasteiger partial charge in [-0.25, -0.2) is 9.67 Å². The second kappa shape index (κ2) is 5.86. The van der Waals surface area contributed by atoms with E-state index in [2.05, 4.69) is 41.0 Å². The first-order valence-electron chi connectivity index (χ1n) is 5.42. The molecule has 0 spiro atoms. The molecule has 0 aromatic carbocycles. The standard InChI is InChI=1S/C11H6BrClN6S/c12-7-2-3-8(14-6-7)20-11-17-9(13)16-10(18-11)19-5-1-4-15-19/h1-6H. The minimum atomic E-state index is 0.116. The van der Waals surface area contributed by atoms with Gasteiger partial charge in [0, 0.05) is 23.1 Å². The fraction of sp³-hybridized carbons (Fsp3) is 0. The summed E-state index contributed by atoms with van der Waals surface area (Å²) in [6, 6.07) is 5.54. The van der Waals surface area contributed by atoms with Crippen molar-refractivity contribution in [1.82, 2.24) is 29.7 Å². The molecule has 0 bridgehead atoms. The van der Waals surface area contributed by atoms with Gasteiger partial charge in [0.25, 0.3) is 5.95 Å². The molecule has 0 saturated heterocycles. The van der Waals surface area contributed by atoms with Crippen molar-refractivity contribution in [1.29, 1.82) is 0 Å². The van der Waals surface area contributed by atoms with Crippen molar-refractivity contribution in [2.75, 3.05) is 0 Å². The maximum absolute atomic E-state index is 5.91. The smallest absolute Gasteiger partial charge is 0.248 e. The molecule has 20 heavy (non-hydrogen) atoms. The molecule has 3 aromatic heterocycles. The Kier molecular flexibility index (Phi) is 3.95. The van der Waals surface area contributed by atoms with E-state index in [4.69, 9.17) is 11.6 Å². The van der Waals surface area contributed by atoms with E-state index in [0.29, 0.717) is 11.1 Å². The van der Waals surface area contributed by atoms with Crippen LogP contribution in [0.1, 0.15) is 0 Å². The highest BCUT2D eigenvalue weighted by Crippen LogP contribution is 2.24. The molecule has 0 amide bonds. The first-order valence-corrected chi connectivity index (χ1v) is 7.40. The van der Waals surface area contributed by atoms with Crippen molar-refractivity contribution in [2.24, 2.45) is 0 Å². The molecule has 3 aromatic rings. The van der Waals surface area contributed by atoms with E-state index in [1.54, 1.807) is 24.7 Å². The Morgan fingerprint density at radius 2 is 2.10 bits per heavy atom. The van der Waals surface area contributed by atoms with E-state index in [1.807, 2.05) is 12.1 Å². The third-order valence-corrected chi connectivity index (χ3v) is 3.64. The van der Waals surface area contributed by atoms with Gasteiger partial charge in [0.15, 0.2) is 5.16 Å². The van der Waals surface area contributed by atoms with Crippen LogP contribution in [0.15, 0.2) is 51.4 Å². The highest BCUT2D eigenvalue weighted by Gasteiger charge is 2.09. The van der Waals surface area contributed by atoms with Gasteiger partial charge in [0.05, 0.1) is 0 Å². The molecule has 0 aliphatic rings. The Bertz CT molecular complexity index is 718. The topological polar surface area (TPSA) is 69.4 Å². The molecular weight excluding hydrogens is 364 g/mol. The van der Waals surface area contributed by atoms with Gasteiger partial charge in [-0.1, -0.05) is 0 Å². The van der Waals surface area contributed by atoms with Gasteiger partial charge >= 0.3 is 0 Å². The summed E-state index contributed by atoms with van der Waals surface area (Å²) in [6.45, 7) is 0. The van der Waals surface area contributed by atoms with E-state index >= 15 is 0 Å². The van der Waals surface area contributed by atoms with E-state index in [9.17, 15) is 0 Å². The summed E-state index contributed by atoms with van der Waals surface area (Å²) in [5.41, 5.74) is 0. The monoisotopic (exact) mass is 368 g/mol. The average molecular weight is 370 g/mol. The quantitative estimate of drug-likeness (QED) is 0.707. The van der Waals surface area contributed by atoms with Crippen molar-refractivity contribution in [2.45, 2.75) is 10.2 Å². The molecule has 0 aliphatic carbocycles. The Morgan fingerprint density at radius 1 is 1.20 bits per heavy atom. The molecule has 0 radical (unpaired) electrons. The highest BCUT2D eigenvalue weighted by molar-refractivity contribution is 9.10. The molecule has 0 N–H and O–H groups in total. The van der Waals surface area contributed by atoms with Crippen molar-refractivity contribution in [3.63, 3.8) is 0 Å². The first-order chi connectivity index (χ1) is 9.70. The Morgan fingerprint density at radius 3 is 2.80 bits per heavy atom. The van der Waals surface area contributed by atoms with E-state index < -0.39 is 0 Å². The van der Waals surface area contributed by atoms with Crippen LogP contribution in [0.3, 0.4) is 0 Å². The summed E-state index contributed by atoms with van der Waals surface area (Å²) >= 11 is 10.6. The number of aromatic nitrogens is 6. The lowest BCUT2D eigenvalue weighted by molar-refractivity contribution is 0.758. The van der Waals surface area contributed by atoms with Gasteiger partial charge < -0.3 is 0 Å². The van der Waals surface area contributed by atoms with Gasteiger partial charge in [-0.05, 0) is 57.5 Å². The normalized spacial score (nSPS) is 10.7. The van der Waals surface area contributed by atoms with E-state index in [0.717, 1.165) is 9.50 Å². The van der Waals surface area contributed by atoms with E-state index in [1.165, 1.54) is 16.4 Å². The van der Waals surface area contributed by atoms with Crippen LogP contribution in [0.4, 0.5) is 0 Å². The largest absolute Gasteiger partial charge is 0.255 e. The second-order valence-corrected chi connectivity index (χ2v) is 5.80. The lowest BCUT2D eigenvalue weighted by atomic mass is 10.5. The zero-order valence-corrected chi connectivity index (χ0v) is 13.0. The zero-order valence-electron chi connectivity index (χ0n) is 9.81. The summed E-state index contributed by atoms with van der Waals surface area (Å²) in [5, 5.41) is 5.41. The molecule has 3 heterocycles. The number of hydrogen-bond donors (Lipinski definition) is 0. The molecule has 0 atom stereocenters. The van der Waals surface area contributed by atoms with Crippen LogP contribution in [-0.4, -0.2) is 29.7 Å². The molecule has 0 unspecified atom stereocenters. The van der Waals surface area contributed by atoms with Crippen molar-refractivity contribution >= 4 is 39.3 Å². The Hall–Kier alpha value is -1.51. The van der Waals surface area contributed by atoms with Crippen LogP contribution < -0.4 is 0 Å². The Labute approximate surface area is 131 Å². The lowest BCUT2D eigenvalue weighted by Gasteiger charge is -2.03. The minimum Gasteiger partial charge on any atom is -0.248 e. The Balaban J connectivity index is 1.92. The van der Waals surface area contributed by atoms with Gasteiger partial charge in [0.1, 0.15) is 5.03 Å². The van der Waals surface area contributed by atoms with E-state index in [-0.39, 0.29) is 5.28 Å². The van der Waals surface area contributed by atoms with Gasteiger partial charge in [-0.15, -0.1) is 0 Å². The fourth-order valence-corrected chi connectivity index (χ4v) is 2.50. The van der Waals surface area contributed by atoms with Crippen LogP contribution in [-0.2, 0) is 0 Å². The highest BCUT2D eigenvalue weighted by atomic mass is 79.9. The zero-order chi connectivity index (χ0) is 13.9. The summed E-state index contributed by atoms with van der Waals surface area (Å²) in [6.07, 6.45) is 5.08. The van der Waals surface area contributed by atoms with Crippen molar-refractivity contribution in [3.8, 4) is 5.95 Å². The molecule has 3 rings (SSSR count). The molecule has 0 aliphatic heterocycles. The summed E-state index contributed by atoms with van der Waals surface area (Å²) in [4.78, 5) is 16.7. The third kappa shape index (κ3) is 3.14. The van der Waals surface area contributed by atoms with Crippen LogP contribution >= 0.6 is 39.3 Å². The second-order valence-electron chi connectivity index (χ2n) is 3.55. The van der Waals surface area contributed by atoms with Crippen LogP contribution in [0.25, 0.3) is 5.95 Å². The molecule has 0 fully saturated rings. The molecule has 0 saturated carbocycles. The lowest BCUT2D eigenvalue weighted by Crippen LogP contribution is -2.04. The number of nitrogens with zero attached hydrogens (tertiary/aromatic N) is 6. The minimum absolute atomic E-state index is 0.116. The predicted molar refractivity (Wildman–Crippen MR) is 78.0 cm³/mol. The van der Waals surface area contributed by atoms with Crippen LogP contribution in [0, 0.1) is 0 Å². The van der Waals surface area contributed by atoms with Gasteiger partial charge in [0.2, 0.25) is 5.28 Å².